The first kappa shape index (κ1) is 16.4. The van der Waals surface area contributed by atoms with Crippen molar-refractivity contribution in [2.75, 3.05) is 12.4 Å². The molecule has 23 heavy (non-hydrogen) atoms. The predicted molar refractivity (Wildman–Crippen MR) is 85.7 cm³/mol. The number of halogens is 1. The van der Waals surface area contributed by atoms with E-state index in [0.29, 0.717) is 16.5 Å². The number of amides is 3. The van der Waals surface area contributed by atoms with Gasteiger partial charge >= 0.3 is 6.03 Å². The topological polar surface area (TPSA) is 99.7 Å². The number of methoxy groups -OCH3 is 1. The maximum atomic E-state index is 11.8. The van der Waals surface area contributed by atoms with Crippen molar-refractivity contribution in [1.29, 1.82) is 0 Å². The molecule has 2 aromatic rings. The highest BCUT2D eigenvalue weighted by Crippen LogP contribution is 2.27. The number of phenolic OH excluding ortho intramolecular Hbond substituents is 1. The summed E-state index contributed by atoms with van der Waals surface area (Å²) in [6, 6.07) is 9.96. The molecule has 0 radical (unpaired) electrons. The Morgan fingerprint density at radius 3 is 2.57 bits per heavy atom. The summed E-state index contributed by atoms with van der Waals surface area (Å²) in [4.78, 5) is 23.6. The molecule has 3 amide bonds. The second-order valence-electron chi connectivity index (χ2n) is 4.40. The van der Waals surface area contributed by atoms with Crippen LogP contribution in [-0.2, 0) is 0 Å². The second kappa shape index (κ2) is 7.37. The number of phenols is 1. The number of nitrogens with one attached hydrogen (secondary N) is 3. The van der Waals surface area contributed by atoms with E-state index in [-0.39, 0.29) is 11.3 Å². The molecule has 4 N–H and O–H groups in total. The molecule has 0 aromatic heterocycles. The lowest BCUT2D eigenvalue weighted by Crippen LogP contribution is -2.43. The number of carbonyl (C=O) groups excluding carboxylic acids is 2. The number of carbonyl (C=O) groups is 2. The highest BCUT2D eigenvalue weighted by Gasteiger charge is 2.12. The fourth-order valence-electron chi connectivity index (χ4n) is 1.77. The molecule has 0 atom stereocenters. The van der Waals surface area contributed by atoms with Crippen molar-refractivity contribution >= 4 is 29.2 Å². The van der Waals surface area contributed by atoms with E-state index in [4.69, 9.17) is 16.3 Å². The van der Waals surface area contributed by atoms with Gasteiger partial charge in [-0.15, -0.1) is 0 Å². The van der Waals surface area contributed by atoms with Crippen LogP contribution in [0.5, 0.6) is 11.5 Å². The van der Waals surface area contributed by atoms with Gasteiger partial charge in [-0.05, 0) is 24.3 Å². The molecule has 0 spiro atoms. The lowest BCUT2D eigenvalue weighted by atomic mass is 10.2. The van der Waals surface area contributed by atoms with Crippen LogP contribution in [0.2, 0.25) is 5.02 Å². The SMILES string of the molecule is COc1cc(Cl)ccc1NC(=O)NNC(=O)c1ccccc1O. The summed E-state index contributed by atoms with van der Waals surface area (Å²) in [6.07, 6.45) is 0. The molecular formula is C15H14ClN3O4. The van der Waals surface area contributed by atoms with Crippen molar-refractivity contribution in [3.8, 4) is 11.5 Å². The summed E-state index contributed by atoms with van der Waals surface area (Å²) in [5.74, 6) is -0.465. The first-order valence-corrected chi connectivity index (χ1v) is 6.88. The van der Waals surface area contributed by atoms with Gasteiger partial charge in [-0.2, -0.15) is 0 Å². The van der Waals surface area contributed by atoms with Crippen LogP contribution in [0.1, 0.15) is 10.4 Å². The number of para-hydroxylation sites is 1. The van der Waals surface area contributed by atoms with Crippen molar-refractivity contribution in [2.24, 2.45) is 0 Å². The molecular weight excluding hydrogens is 322 g/mol. The Balaban J connectivity index is 1.96. The molecule has 2 aromatic carbocycles. The van der Waals surface area contributed by atoms with Gasteiger partial charge < -0.3 is 15.2 Å². The highest BCUT2D eigenvalue weighted by atomic mass is 35.5. The van der Waals surface area contributed by atoms with Crippen molar-refractivity contribution in [2.45, 2.75) is 0 Å². The summed E-state index contributed by atoms with van der Waals surface area (Å²) in [7, 11) is 1.44. The van der Waals surface area contributed by atoms with Crippen LogP contribution in [0.15, 0.2) is 42.5 Å². The van der Waals surface area contributed by atoms with Crippen molar-refractivity contribution in [3.05, 3.63) is 53.1 Å². The van der Waals surface area contributed by atoms with Gasteiger partial charge in [-0.1, -0.05) is 23.7 Å². The van der Waals surface area contributed by atoms with Crippen LogP contribution in [0.3, 0.4) is 0 Å². The number of ether oxygens (including phenoxy) is 1. The fraction of sp³-hybridized carbons (Fsp3) is 0.0667. The van der Waals surface area contributed by atoms with Crippen molar-refractivity contribution in [3.63, 3.8) is 0 Å². The van der Waals surface area contributed by atoms with Gasteiger partial charge in [0.25, 0.3) is 5.91 Å². The molecule has 2 rings (SSSR count). The minimum atomic E-state index is -0.686. The first-order chi connectivity index (χ1) is 11.0. The molecule has 0 bridgehead atoms. The van der Waals surface area contributed by atoms with E-state index < -0.39 is 11.9 Å². The number of rotatable bonds is 3. The number of benzene rings is 2. The molecule has 0 heterocycles. The Morgan fingerprint density at radius 1 is 1.13 bits per heavy atom. The van der Waals surface area contributed by atoms with Gasteiger partial charge in [0.15, 0.2) is 0 Å². The van der Waals surface area contributed by atoms with E-state index in [2.05, 4.69) is 16.2 Å². The Bertz CT molecular complexity index is 736. The van der Waals surface area contributed by atoms with E-state index in [1.54, 1.807) is 24.3 Å². The molecule has 120 valence electrons. The van der Waals surface area contributed by atoms with Crippen LogP contribution in [0, 0.1) is 0 Å². The molecule has 0 saturated heterocycles. The predicted octanol–water partition coefficient (Wildman–Crippen LogP) is 2.52. The zero-order valence-corrected chi connectivity index (χ0v) is 12.8. The van der Waals surface area contributed by atoms with Crippen molar-refractivity contribution < 1.29 is 19.4 Å². The Morgan fingerprint density at radius 2 is 1.87 bits per heavy atom. The van der Waals surface area contributed by atoms with Crippen LogP contribution in [0.4, 0.5) is 10.5 Å². The van der Waals surface area contributed by atoms with Gasteiger partial charge in [0.05, 0.1) is 18.4 Å². The fourth-order valence-corrected chi connectivity index (χ4v) is 1.93. The number of aromatic hydroxyl groups is 1. The van der Waals surface area contributed by atoms with Crippen LogP contribution in [0.25, 0.3) is 0 Å². The minimum absolute atomic E-state index is 0.0388. The highest BCUT2D eigenvalue weighted by molar-refractivity contribution is 6.30. The third kappa shape index (κ3) is 4.27. The second-order valence-corrected chi connectivity index (χ2v) is 4.83. The third-order valence-electron chi connectivity index (χ3n) is 2.85. The van der Waals surface area contributed by atoms with Gasteiger partial charge in [0, 0.05) is 11.1 Å². The van der Waals surface area contributed by atoms with E-state index >= 15 is 0 Å². The summed E-state index contributed by atoms with van der Waals surface area (Å²) >= 11 is 5.83. The number of hydrogen-bond acceptors (Lipinski definition) is 4. The van der Waals surface area contributed by atoms with Crippen LogP contribution >= 0.6 is 11.6 Å². The summed E-state index contributed by atoms with van der Waals surface area (Å²) in [5.41, 5.74) is 4.77. The lowest BCUT2D eigenvalue weighted by molar-refractivity contribution is 0.0935. The minimum Gasteiger partial charge on any atom is -0.507 e. The maximum absolute atomic E-state index is 11.8. The normalized spacial score (nSPS) is 9.83. The summed E-state index contributed by atoms with van der Waals surface area (Å²) < 4.78 is 5.09. The molecule has 0 saturated carbocycles. The quantitative estimate of drug-likeness (QED) is 0.647. The van der Waals surface area contributed by atoms with Gasteiger partial charge in [-0.25, -0.2) is 10.2 Å². The van der Waals surface area contributed by atoms with Gasteiger partial charge in [0.1, 0.15) is 11.5 Å². The number of hydrogen-bond donors (Lipinski definition) is 4. The standard InChI is InChI=1S/C15H14ClN3O4/c1-23-13-8-9(16)6-7-11(13)17-15(22)19-18-14(21)10-4-2-3-5-12(10)20/h2-8,20H,1H3,(H,18,21)(H2,17,19,22). The van der Waals surface area contributed by atoms with E-state index in [1.807, 2.05) is 0 Å². The summed E-state index contributed by atoms with van der Waals surface area (Å²) in [5, 5.41) is 12.5. The van der Waals surface area contributed by atoms with Gasteiger partial charge in [0.2, 0.25) is 0 Å². The monoisotopic (exact) mass is 335 g/mol. The molecule has 8 heteroatoms. The molecule has 0 aliphatic carbocycles. The first-order valence-electron chi connectivity index (χ1n) is 6.50. The van der Waals surface area contributed by atoms with Crippen LogP contribution in [-0.4, -0.2) is 24.2 Å². The smallest absolute Gasteiger partial charge is 0.338 e. The Hall–Kier alpha value is -2.93. The van der Waals surface area contributed by atoms with E-state index in [9.17, 15) is 14.7 Å². The largest absolute Gasteiger partial charge is 0.507 e. The zero-order chi connectivity index (χ0) is 16.8. The number of hydrazine groups is 1. The molecule has 0 unspecified atom stereocenters. The van der Waals surface area contributed by atoms with E-state index in [1.165, 1.54) is 25.3 Å². The molecule has 7 nitrogen and oxygen atoms in total. The zero-order valence-electron chi connectivity index (χ0n) is 12.1. The Kier molecular flexibility index (Phi) is 5.27. The van der Waals surface area contributed by atoms with Gasteiger partial charge in [-0.3, -0.25) is 10.2 Å². The molecule has 0 aliphatic heterocycles. The van der Waals surface area contributed by atoms with E-state index in [0.717, 1.165) is 0 Å². The summed E-state index contributed by atoms with van der Waals surface area (Å²) in [6.45, 7) is 0. The maximum Gasteiger partial charge on any atom is 0.338 e. The van der Waals surface area contributed by atoms with Crippen LogP contribution < -0.4 is 20.9 Å². The number of anilines is 1. The average Bonchev–Trinajstić information content (AvgIpc) is 2.54. The third-order valence-corrected chi connectivity index (χ3v) is 3.09. The molecule has 0 fully saturated rings. The lowest BCUT2D eigenvalue weighted by Gasteiger charge is -2.12. The molecule has 0 aliphatic rings. The Labute approximate surface area is 137 Å². The average molecular weight is 336 g/mol. The van der Waals surface area contributed by atoms with Crippen molar-refractivity contribution in [1.82, 2.24) is 10.9 Å². The number of urea groups is 1.